The third-order valence-corrected chi connectivity index (χ3v) is 4.07. The van der Waals surface area contributed by atoms with Crippen LogP contribution in [0.5, 0.6) is 0 Å². The van der Waals surface area contributed by atoms with Crippen molar-refractivity contribution in [1.29, 1.82) is 0 Å². The smallest absolute Gasteiger partial charge is 0.223 e. The van der Waals surface area contributed by atoms with Gasteiger partial charge in [0, 0.05) is 35.4 Å². The Bertz CT molecular complexity index is 984. The van der Waals surface area contributed by atoms with Crippen LogP contribution in [0.4, 0.5) is 5.95 Å². The maximum atomic E-state index is 6.02. The fraction of sp³-hybridized carbons (Fsp3) is 0.0526. The zero-order chi connectivity index (χ0) is 17.8. The Labute approximate surface area is 155 Å². The molecule has 0 spiro atoms. The average Bonchev–Trinajstić information content (AvgIpc) is 3.22. The summed E-state index contributed by atoms with van der Waals surface area (Å²) in [5.41, 5.74) is 3.44. The monoisotopic (exact) mass is 362 g/mol. The molecule has 0 amide bonds. The van der Waals surface area contributed by atoms with Gasteiger partial charge in [-0.1, -0.05) is 29.8 Å². The van der Waals surface area contributed by atoms with Crippen LogP contribution in [0.1, 0.15) is 5.69 Å². The van der Waals surface area contributed by atoms with Gasteiger partial charge in [0.25, 0.3) is 0 Å². The minimum absolute atomic E-state index is 0.524. The number of rotatable bonds is 5. The van der Waals surface area contributed by atoms with Gasteiger partial charge in [-0.25, -0.2) is 15.0 Å². The minimum atomic E-state index is 0.524. The minimum Gasteiger partial charge on any atom is -0.349 e. The number of benzene rings is 1. The SMILES string of the molecule is Clc1ccc(-c2nc(NCc3ccccn3)ncc2-c2ncc[nH]2)cc1. The molecule has 2 N–H and O–H groups in total. The maximum Gasteiger partial charge on any atom is 0.223 e. The van der Waals surface area contributed by atoms with Crippen molar-refractivity contribution in [3.8, 4) is 22.6 Å². The summed E-state index contributed by atoms with van der Waals surface area (Å²) in [6, 6.07) is 13.3. The Morgan fingerprint density at radius 2 is 1.85 bits per heavy atom. The Hall–Kier alpha value is -3.25. The van der Waals surface area contributed by atoms with Crippen molar-refractivity contribution >= 4 is 17.5 Å². The van der Waals surface area contributed by atoms with Crippen LogP contribution in [-0.2, 0) is 6.54 Å². The fourth-order valence-corrected chi connectivity index (χ4v) is 2.68. The number of hydrogen-bond donors (Lipinski definition) is 2. The van der Waals surface area contributed by atoms with Gasteiger partial charge in [0.15, 0.2) is 0 Å². The molecule has 0 fully saturated rings. The lowest BCUT2D eigenvalue weighted by molar-refractivity contribution is 1.00. The van der Waals surface area contributed by atoms with E-state index < -0.39 is 0 Å². The van der Waals surface area contributed by atoms with Gasteiger partial charge in [-0.05, 0) is 24.3 Å². The molecular weight excluding hydrogens is 348 g/mol. The van der Waals surface area contributed by atoms with Crippen molar-refractivity contribution in [2.45, 2.75) is 6.54 Å². The van der Waals surface area contributed by atoms with Crippen LogP contribution in [0.25, 0.3) is 22.6 Å². The third kappa shape index (κ3) is 3.55. The molecule has 0 saturated heterocycles. The van der Waals surface area contributed by atoms with E-state index in [1.165, 1.54) is 0 Å². The quantitative estimate of drug-likeness (QED) is 0.556. The molecule has 7 heteroatoms. The standard InChI is InChI=1S/C19H15ClN6/c20-14-6-4-13(5-7-14)17-16(18-22-9-10-23-18)12-25-19(26-17)24-11-15-3-1-2-8-21-15/h1-10,12H,11H2,(H,22,23)(H,24,25,26). The van der Waals surface area contributed by atoms with E-state index in [-0.39, 0.29) is 0 Å². The van der Waals surface area contributed by atoms with Gasteiger partial charge in [0.2, 0.25) is 5.95 Å². The molecule has 6 nitrogen and oxygen atoms in total. The third-order valence-electron chi connectivity index (χ3n) is 3.81. The molecule has 0 aliphatic rings. The first kappa shape index (κ1) is 16.2. The topological polar surface area (TPSA) is 79.4 Å². The summed E-state index contributed by atoms with van der Waals surface area (Å²) in [5.74, 6) is 1.24. The van der Waals surface area contributed by atoms with Gasteiger partial charge in [-0.3, -0.25) is 4.98 Å². The second kappa shape index (κ2) is 7.33. The maximum absolute atomic E-state index is 6.02. The van der Waals surface area contributed by atoms with Crippen LogP contribution in [0.2, 0.25) is 5.02 Å². The summed E-state index contributed by atoms with van der Waals surface area (Å²) in [5, 5.41) is 3.89. The molecule has 26 heavy (non-hydrogen) atoms. The Kier molecular flexibility index (Phi) is 4.57. The average molecular weight is 363 g/mol. The zero-order valence-electron chi connectivity index (χ0n) is 13.7. The van der Waals surface area contributed by atoms with E-state index in [1.54, 1.807) is 24.8 Å². The van der Waals surface area contributed by atoms with Gasteiger partial charge >= 0.3 is 0 Å². The molecule has 0 unspecified atom stereocenters. The van der Waals surface area contributed by atoms with Gasteiger partial charge in [0.1, 0.15) is 5.82 Å². The summed E-state index contributed by atoms with van der Waals surface area (Å²) < 4.78 is 0. The number of imidazole rings is 1. The van der Waals surface area contributed by atoms with E-state index in [1.807, 2.05) is 42.5 Å². The van der Waals surface area contributed by atoms with Gasteiger partial charge < -0.3 is 10.3 Å². The van der Waals surface area contributed by atoms with Crippen LogP contribution in [0, 0.1) is 0 Å². The summed E-state index contributed by atoms with van der Waals surface area (Å²) in [6.07, 6.45) is 7.00. The largest absolute Gasteiger partial charge is 0.349 e. The molecule has 0 bridgehead atoms. The molecule has 128 valence electrons. The number of nitrogens with zero attached hydrogens (tertiary/aromatic N) is 4. The predicted octanol–water partition coefficient (Wildman–Crippen LogP) is 4.19. The molecule has 4 rings (SSSR count). The molecule has 0 aliphatic heterocycles. The first-order valence-corrected chi connectivity index (χ1v) is 8.44. The lowest BCUT2D eigenvalue weighted by Crippen LogP contribution is -2.06. The summed E-state index contributed by atoms with van der Waals surface area (Å²) >= 11 is 6.02. The second-order valence-electron chi connectivity index (χ2n) is 5.58. The van der Waals surface area contributed by atoms with Gasteiger partial charge in [-0.15, -0.1) is 0 Å². The zero-order valence-corrected chi connectivity index (χ0v) is 14.5. The highest BCUT2D eigenvalue weighted by Gasteiger charge is 2.13. The number of nitrogens with one attached hydrogen (secondary N) is 2. The lowest BCUT2D eigenvalue weighted by Gasteiger charge is -2.10. The van der Waals surface area contributed by atoms with Crippen molar-refractivity contribution in [1.82, 2.24) is 24.9 Å². The number of halogens is 1. The number of aromatic amines is 1. The highest BCUT2D eigenvalue weighted by molar-refractivity contribution is 6.30. The first-order chi connectivity index (χ1) is 12.8. The summed E-state index contributed by atoms with van der Waals surface area (Å²) in [4.78, 5) is 20.8. The summed E-state index contributed by atoms with van der Waals surface area (Å²) in [6.45, 7) is 0.543. The van der Waals surface area contributed by atoms with E-state index >= 15 is 0 Å². The predicted molar refractivity (Wildman–Crippen MR) is 102 cm³/mol. The molecule has 0 radical (unpaired) electrons. The molecular formula is C19H15ClN6. The van der Waals surface area contributed by atoms with Crippen LogP contribution in [-0.4, -0.2) is 24.9 Å². The summed E-state index contributed by atoms with van der Waals surface area (Å²) in [7, 11) is 0. The molecule has 4 aromatic rings. The van der Waals surface area contributed by atoms with Crippen molar-refractivity contribution in [2.24, 2.45) is 0 Å². The first-order valence-electron chi connectivity index (χ1n) is 8.06. The van der Waals surface area contributed by atoms with Crippen LogP contribution < -0.4 is 5.32 Å². The number of anilines is 1. The normalized spacial score (nSPS) is 10.7. The molecule has 0 saturated carbocycles. The Morgan fingerprint density at radius 3 is 2.58 bits per heavy atom. The molecule has 0 aliphatic carbocycles. The van der Waals surface area contributed by atoms with E-state index in [0.29, 0.717) is 23.3 Å². The van der Waals surface area contributed by atoms with Crippen LogP contribution in [0.15, 0.2) is 67.3 Å². The highest BCUT2D eigenvalue weighted by Crippen LogP contribution is 2.29. The molecule has 0 atom stereocenters. The molecule has 3 heterocycles. The number of H-pyrrole nitrogens is 1. The van der Waals surface area contributed by atoms with Crippen molar-refractivity contribution in [3.05, 3.63) is 78.0 Å². The van der Waals surface area contributed by atoms with Gasteiger partial charge in [0.05, 0.1) is 23.5 Å². The van der Waals surface area contributed by atoms with E-state index in [4.69, 9.17) is 16.6 Å². The van der Waals surface area contributed by atoms with Crippen molar-refractivity contribution in [3.63, 3.8) is 0 Å². The number of pyridine rings is 1. The van der Waals surface area contributed by atoms with Crippen LogP contribution >= 0.6 is 11.6 Å². The van der Waals surface area contributed by atoms with Crippen molar-refractivity contribution < 1.29 is 0 Å². The van der Waals surface area contributed by atoms with E-state index in [9.17, 15) is 0 Å². The Morgan fingerprint density at radius 1 is 0.962 bits per heavy atom. The van der Waals surface area contributed by atoms with Gasteiger partial charge in [-0.2, -0.15) is 0 Å². The van der Waals surface area contributed by atoms with E-state index in [0.717, 1.165) is 22.5 Å². The van der Waals surface area contributed by atoms with Crippen molar-refractivity contribution in [2.75, 3.05) is 5.32 Å². The molecule has 3 aromatic heterocycles. The van der Waals surface area contributed by atoms with E-state index in [2.05, 4.69) is 25.3 Å². The van der Waals surface area contributed by atoms with Crippen LogP contribution in [0.3, 0.4) is 0 Å². The number of aromatic nitrogens is 5. The lowest BCUT2D eigenvalue weighted by atomic mass is 10.1. The number of hydrogen-bond acceptors (Lipinski definition) is 5. The fourth-order valence-electron chi connectivity index (χ4n) is 2.55. The Balaban J connectivity index is 1.69. The highest BCUT2D eigenvalue weighted by atomic mass is 35.5. The second-order valence-corrected chi connectivity index (χ2v) is 6.01. The molecule has 1 aromatic carbocycles.